The van der Waals surface area contributed by atoms with E-state index in [1.165, 1.54) is 0 Å². The first-order valence-corrected chi connectivity index (χ1v) is 11.8. The minimum atomic E-state index is -0.324. The van der Waals surface area contributed by atoms with Gasteiger partial charge in [0.05, 0.1) is 23.7 Å². The van der Waals surface area contributed by atoms with Crippen LogP contribution in [0.15, 0.2) is 48.5 Å². The average Bonchev–Trinajstić information content (AvgIpc) is 2.81. The second kappa shape index (κ2) is 12.4. The molecule has 1 aliphatic rings. The highest BCUT2D eigenvalue weighted by atomic mass is 35.5. The number of anilines is 2. The Labute approximate surface area is 199 Å². The van der Waals surface area contributed by atoms with Crippen LogP contribution in [0, 0.1) is 5.92 Å². The highest BCUT2D eigenvalue weighted by Gasteiger charge is 2.26. The Morgan fingerprint density at radius 1 is 1.06 bits per heavy atom. The number of rotatable bonds is 9. The fourth-order valence-corrected chi connectivity index (χ4v) is 3.99. The summed E-state index contributed by atoms with van der Waals surface area (Å²) in [5.41, 5.74) is 1.43. The molecule has 0 radical (unpaired) electrons. The van der Waals surface area contributed by atoms with Gasteiger partial charge in [-0.1, -0.05) is 37.1 Å². The van der Waals surface area contributed by atoms with Crippen LogP contribution >= 0.6 is 11.6 Å². The molecule has 1 fully saturated rings. The Bertz CT molecular complexity index is 964. The molecule has 2 aromatic carbocycles. The molecule has 0 spiro atoms. The highest BCUT2D eigenvalue weighted by Crippen LogP contribution is 2.20. The molecular formula is C25H31ClN4O3. The molecule has 3 rings (SSSR count). The number of carbonyl (C=O) groups is 3. The van der Waals surface area contributed by atoms with E-state index in [2.05, 4.69) is 22.9 Å². The first-order valence-electron chi connectivity index (χ1n) is 11.4. The number of hydrogen-bond donors (Lipinski definition) is 3. The normalized spacial score (nSPS) is 16.1. The van der Waals surface area contributed by atoms with Crippen molar-refractivity contribution in [2.75, 3.05) is 36.8 Å². The molecule has 2 aromatic rings. The van der Waals surface area contributed by atoms with Gasteiger partial charge in [-0.15, -0.1) is 0 Å². The van der Waals surface area contributed by atoms with Crippen molar-refractivity contribution in [3.05, 3.63) is 59.1 Å². The van der Waals surface area contributed by atoms with Gasteiger partial charge in [-0.25, -0.2) is 0 Å². The van der Waals surface area contributed by atoms with E-state index in [-0.39, 0.29) is 30.2 Å². The number of para-hydroxylation sites is 1. The third-order valence-electron chi connectivity index (χ3n) is 5.62. The van der Waals surface area contributed by atoms with Gasteiger partial charge in [-0.05, 0) is 62.2 Å². The summed E-state index contributed by atoms with van der Waals surface area (Å²) in [7, 11) is 0. The smallest absolute Gasteiger partial charge is 0.257 e. The van der Waals surface area contributed by atoms with Crippen molar-refractivity contribution in [2.45, 2.75) is 32.6 Å². The summed E-state index contributed by atoms with van der Waals surface area (Å²) in [5, 5.41) is 9.25. The molecule has 1 unspecified atom stereocenters. The van der Waals surface area contributed by atoms with Gasteiger partial charge < -0.3 is 16.0 Å². The zero-order valence-corrected chi connectivity index (χ0v) is 19.7. The lowest BCUT2D eigenvalue weighted by Crippen LogP contribution is -2.45. The number of hydrogen-bond acceptors (Lipinski definition) is 4. The molecule has 8 heteroatoms. The number of nitrogens with zero attached hydrogens (tertiary/aromatic N) is 1. The van der Waals surface area contributed by atoms with Crippen molar-refractivity contribution >= 4 is 40.7 Å². The summed E-state index contributed by atoms with van der Waals surface area (Å²) in [4.78, 5) is 39.9. The molecule has 1 heterocycles. The van der Waals surface area contributed by atoms with Crippen molar-refractivity contribution in [3.8, 4) is 0 Å². The van der Waals surface area contributed by atoms with Gasteiger partial charge in [0.15, 0.2) is 0 Å². The molecule has 33 heavy (non-hydrogen) atoms. The van der Waals surface area contributed by atoms with Crippen LogP contribution in [0.1, 0.15) is 43.0 Å². The van der Waals surface area contributed by atoms with E-state index in [4.69, 9.17) is 11.6 Å². The molecule has 3 amide bonds. The number of halogens is 1. The minimum absolute atomic E-state index is 0.0674. The number of unbranched alkanes of at least 4 members (excludes halogenated alkanes) is 1. The molecule has 1 saturated heterocycles. The maximum Gasteiger partial charge on any atom is 0.257 e. The second-order valence-corrected chi connectivity index (χ2v) is 8.71. The van der Waals surface area contributed by atoms with Crippen molar-refractivity contribution < 1.29 is 14.4 Å². The Hall–Kier alpha value is -2.90. The van der Waals surface area contributed by atoms with E-state index in [1.807, 2.05) is 4.90 Å². The molecule has 1 atom stereocenters. The van der Waals surface area contributed by atoms with Crippen LogP contribution in [0.25, 0.3) is 0 Å². The Morgan fingerprint density at radius 3 is 2.58 bits per heavy atom. The first kappa shape index (κ1) is 24.7. The fourth-order valence-electron chi connectivity index (χ4n) is 3.86. The molecule has 0 aromatic heterocycles. The summed E-state index contributed by atoms with van der Waals surface area (Å²) < 4.78 is 0. The zero-order valence-electron chi connectivity index (χ0n) is 18.9. The zero-order chi connectivity index (χ0) is 23.6. The van der Waals surface area contributed by atoms with Gasteiger partial charge >= 0.3 is 0 Å². The summed E-state index contributed by atoms with van der Waals surface area (Å²) >= 11 is 5.90. The highest BCUT2D eigenvalue weighted by molar-refractivity contribution is 6.30. The van der Waals surface area contributed by atoms with Gasteiger partial charge in [-0.2, -0.15) is 0 Å². The van der Waals surface area contributed by atoms with Crippen molar-refractivity contribution in [1.82, 2.24) is 10.2 Å². The lowest BCUT2D eigenvalue weighted by atomic mass is 9.97. The lowest BCUT2D eigenvalue weighted by molar-refractivity contribution is -0.127. The van der Waals surface area contributed by atoms with Crippen LogP contribution in [0.4, 0.5) is 11.4 Å². The number of amides is 3. The van der Waals surface area contributed by atoms with Crippen LogP contribution in [0.5, 0.6) is 0 Å². The van der Waals surface area contributed by atoms with Crippen LogP contribution < -0.4 is 16.0 Å². The maximum absolute atomic E-state index is 12.8. The predicted molar refractivity (Wildman–Crippen MR) is 132 cm³/mol. The fraction of sp³-hybridized carbons (Fsp3) is 0.400. The lowest BCUT2D eigenvalue weighted by Gasteiger charge is -2.31. The number of carbonyl (C=O) groups excluding carboxylic acids is 3. The van der Waals surface area contributed by atoms with E-state index in [1.54, 1.807) is 48.5 Å². The van der Waals surface area contributed by atoms with Crippen molar-refractivity contribution in [1.29, 1.82) is 0 Å². The van der Waals surface area contributed by atoms with Crippen LogP contribution in [0.3, 0.4) is 0 Å². The van der Waals surface area contributed by atoms with Crippen LogP contribution in [-0.2, 0) is 9.59 Å². The standard InChI is InChI=1S/C25H31ClN4O3/c1-2-3-14-27-24(32)18-7-6-15-30(16-18)17-23(31)29-22-9-5-4-8-21(22)25(33)28-20-12-10-19(26)11-13-20/h4-5,8-13,18H,2-3,6-7,14-17H2,1H3,(H,27,32)(H,28,33)(H,29,31). The molecular weight excluding hydrogens is 440 g/mol. The topological polar surface area (TPSA) is 90.5 Å². The van der Waals surface area contributed by atoms with Crippen molar-refractivity contribution in [3.63, 3.8) is 0 Å². The van der Waals surface area contributed by atoms with E-state index in [9.17, 15) is 14.4 Å². The van der Waals surface area contributed by atoms with Gasteiger partial charge in [0, 0.05) is 23.8 Å². The van der Waals surface area contributed by atoms with E-state index >= 15 is 0 Å². The number of nitrogens with one attached hydrogen (secondary N) is 3. The molecule has 1 aliphatic heterocycles. The second-order valence-electron chi connectivity index (χ2n) is 8.27. The van der Waals surface area contributed by atoms with E-state index < -0.39 is 0 Å². The van der Waals surface area contributed by atoms with Gasteiger partial charge in [0.1, 0.15) is 0 Å². The average molecular weight is 471 g/mol. The SMILES string of the molecule is CCCCNC(=O)C1CCCN(CC(=O)Nc2ccccc2C(=O)Nc2ccc(Cl)cc2)C1. The van der Waals surface area contributed by atoms with Gasteiger partial charge in [0.2, 0.25) is 11.8 Å². The molecule has 176 valence electrons. The van der Waals surface area contributed by atoms with Gasteiger partial charge in [0.25, 0.3) is 5.91 Å². The largest absolute Gasteiger partial charge is 0.356 e. The molecule has 7 nitrogen and oxygen atoms in total. The summed E-state index contributed by atoms with van der Waals surface area (Å²) in [5.74, 6) is -0.567. The molecule has 3 N–H and O–H groups in total. The number of benzene rings is 2. The van der Waals surface area contributed by atoms with E-state index in [0.717, 1.165) is 32.2 Å². The molecule has 0 saturated carbocycles. The summed E-state index contributed by atoms with van der Waals surface area (Å²) in [6.07, 6.45) is 3.72. The Morgan fingerprint density at radius 2 is 1.82 bits per heavy atom. The quantitative estimate of drug-likeness (QED) is 0.480. The maximum atomic E-state index is 12.8. The van der Waals surface area contributed by atoms with Crippen LogP contribution in [-0.4, -0.2) is 48.8 Å². The molecule has 0 bridgehead atoms. The number of piperidine rings is 1. The van der Waals surface area contributed by atoms with Gasteiger partial charge in [-0.3, -0.25) is 19.3 Å². The first-order chi connectivity index (χ1) is 16.0. The molecule has 0 aliphatic carbocycles. The van der Waals surface area contributed by atoms with E-state index in [0.29, 0.717) is 35.1 Å². The minimum Gasteiger partial charge on any atom is -0.356 e. The Kier molecular flexibility index (Phi) is 9.27. The van der Waals surface area contributed by atoms with Crippen molar-refractivity contribution in [2.24, 2.45) is 5.92 Å². The Balaban J connectivity index is 1.56. The third kappa shape index (κ3) is 7.58. The summed E-state index contributed by atoms with van der Waals surface area (Å²) in [6.45, 7) is 4.29. The third-order valence-corrected chi connectivity index (χ3v) is 5.87. The number of likely N-dealkylation sites (tertiary alicyclic amines) is 1. The monoisotopic (exact) mass is 470 g/mol. The summed E-state index contributed by atoms with van der Waals surface area (Å²) in [6, 6.07) is 13.7. The van der Waals surface area contributed by atoms with Crippen LogP contribution in [0.2, 0.25) is 5.02 Å². The predicted octanol–water partition coefficient (Wildman–Crippen LogP) is 4.16.